The van der Waals surface area contributed by atoms with Gasteiger partial charge >= 0.3 is 6.09 Å². The third-order valence-electron chi connectivity index (χ3n) is 4.02. The van der Waals surface area contributed by atoms with Crippen LogP contribution < -0.4 is 10.6 Å². The lowest BCUT2D eigenvalue weighted by Gasteiger charge is -2.29. The van der Waals surface area contributed by atoms with E-state index in [2.05, 4.69) is 38.3 Å². The molecule has 0 bridgehead atoms. The second-order valence-electron chi connectivity index (χ2n) is 8.95. The first-order valence-corrected chi connectivity index (χ1v) is 9.29. The molecule has 136 valence electrons. The summed E-state index contributed by atoms with van der Waals surface area (Å²) in [5.41, 5.74) is -0.440. The number of ether oxygens (including phenoxy) is 1. The van der Waals surface area contributed by atoms with E-state index in [0.29, 0.717) is 36.4 Å². The fourth-order valence-corrected chi connectivity index (χ4v) is 3.04. The predicted molar refractivity (Wildman–Crippen MR) is 96.6 cm³/mol. The van der Waals surface area contributed by atoms with Crippen molar-refractivity contribution in [3.05, 3.63) is 0 Å². The van der Waals surface area contributed by atoms with Crippen LogP contribution in [0.3, 0.4) is 0 Å². The summed E-state index contributed by atoms with van der Waals surface area (Å²) in [4.78, 5) is 11.9. The van der Waals surface area contributed by atoms with E-state index >= 15 is 0 Å². The number of nitrogens with one attached hydrogen (secondary N) is 2. The van der Waals surface area contributed by atoms with Gasteiger partial charge in [0.2, 0.25) is 0 Å². The number of rotatable bonds is 9. The second kappa shape index (κ2) is 8.91. The van der Waals surface area contributed by atoms with Gasteiger partial charge in [-0.05, 0) is 64.2 Å². The lowest BCUT2D eigenvalue weighted by molar-refractivity contribution is 0.0519. The van der Waals surface area contributed by atoms with Gasteiger partial charge in [0.1, 0.15) is 5.60 Å². The molecule has 1 saturated carbocycles. The highest BCUT2D eigenvalue weighted by atomic mass is 16.6. The number of hydrogen-bond acceptors (Lipinski definition) is 3. The molecule has 1 fully saturated rings. The summed E-state index contributed by atoms with van der Waals surface area (Å²) >= 11 is 0. The molecule has 1 aliphatic carbocycles. The molecule has 4 heteroatoms. The van der Waals surface area contributed by atoms with Crippen molar-refractivity contribution in [1.82, 2.24) is 10.6 Å². The first-order chi connectivity index (χ1) is 10.6. The molecule has 0 saturated heterocycles. The zero-order chi connectivity index (χ0) is 17.6. The van der Waals surface area contributed by atoms with Crippen molar-refractivity contribution in [2.24, 2.45) is 17.8 Å². The lowest BCUT2D eigenvalue weighted by Crippen LogP contribution is -2.48. The molecule has 1 atom stereocenters. The van der Waals surface area contributed by atoms with E-state index in [1.165, 1.54) is 25.7 Å². The van der Waals surface area contributed by atoms with Crippen LogP contribution >= 0.6 is 0 Å². The van der Waals surface area contributed by atoms with Crippen molar-refractivity contribution in [2.45, 2.75) is 91.8 Å². The van der Waals surface area contributed by atoms with E-state index < -0.39 is 5.60 Å². The zero-order valence-electron chi connectivity index (χ0n) is 16.2. The highest BCUT2D eigenvalue weighted by Gasteiger charge is 2.33. The molecule has 0 heterocycles. The minimum atomic E-state index is -0.440. The van der Waals surface area contributed by atoms with Gasteiger partial charge in [-0.1, -0.05) is 27.7 Å². The minimum Gasteiger partial charge on any atom is -0.444 e. The van der Waals surface area contributed by atoms with Crippen molar-refractivity contribution in [2.75, 3.05) is 6.54 Å². The Morgan fingerprint density at radius 1 is 1.09 bits per heavy atom. The van der Waals surface area contributed by atoms with Gasteiger partial charge < -0.3 is 15.4 Å². The maximum atomic E-state index is 11.9. The molecule has 4 nitrogen and oxygen atoms in total. The maximum Gasteiger partial charge on any atom is 0.407 e. The van der Waals surface area contributed by atoms with Crippen LogP contribution in [0.1, 0.15) is 74.1 Å². The predicted octanol–water partition coefficient (Wildman–Crippen LogP) is 4.34. The Morgan fingerprint density at radius 2 is 1.61 bits per heavy atom. The first-order valence-electron chi connectivity index (χ1n) is 9.29. The maximum absolute atomic E-state index is 11.9. The molecular formula is C19H38N2O2. The molecule has 0 aromatic carbocycles. The SMILES string of the molecule is CC(C)CC(CC(C)C)NC(CNC(=O)OC(C)(C)C)C1CC1. The molecule has 1 unspecified atom stereocenters. The third-order valence-corrected chi connectivity index (χ3v) is 4.02. The van der Waals surface area contributed by atoms with Crippen LogP contribution in [0.4, 0.5) is 4.79 Å². The summed E-state index contributed by atoms with van der Waals surface area (Å²) in [6, 6.07) is 0.894. The fourth-order valence-electron chi connectivity index (χ4n) is 3.04. The zero-order valence-corrected chi connectivity index (χ0v) is 16.2. The van der Waals surface area contributed by atoms with Crippen LogP contribution in [0.2, 0.25) is 0 Å². The summed E-state index contributed by atoms with van der Waals surface area (Å²) in [6.45, 7) is 15.5. The summed E-state index contributed by atoms with van der Waals surface area (Å²) in [5.74, 6) is 2.07. The lowest BCUT2D eigenvalue weighted by atomic mass is 9.94. The molecule has 2 N–H and O–H groups in total. The topological polar surface area (TPSA) is 50.4 Å². The van der Waals surface area contributed by atoms with E-state index in [4.69, 9.17) is 4.74 Å². The molecule has 0 aromatic rings. The van der Waals surface area contributed by atoms with Gasteiger partial charge in [0.05, 0.1) is 0 Å². The largest absolute Gasteiger partial charge is 0.444 e. The number of hydrogen-bond donors (Lipinski definition) is 2. The number of alkyl carbamates (subject to hydrolysis) is 1. The molecule has 1 amide bonds. The summed E-state index contributed by atoms with van der Waals surface area (Å²) < 4.78 is 5.34. The second-order valence-corrected chi connectivity index (χ2v) is 8.95. The molecule has 0 aliphatic heterocycles. The normalized spacial score (nSPS) is 17.0. The highest BCUT2D eigenvalue weighted by molar-refractivity contribution is 5.67. The monoisotopic (exact) mass is 326 g/mol. The Kier molecular flexibility index (Phi) is 7.85. The van der Waals surface area contributed by atoms with Crippen LogP contribution in [0, 0.1) is 17.8 Å². The van der Waals surface area contributed by atoms with Crippen LogP contribution in [0.25, 0.3) is 0 Å². The summed E-state index contributed by atoms with van der Waals surface area (Å²) in [7, 11) is 0. The average molecular weight is 327 g/mol. The Hall–Kier alpha value is -0.770. The number of carbonyl (C=O) groups is 1. The molecule has 23 heavy (non-hydrogen) atoms. The quantitative estimate of drug-likeness (QED) is 0.662. The van der Waals surface area contributed by atoms with Crippen LogP contribution in [-0.4, -0.2) is 30.3 Å². The van der Waals surface area contributed by atoms with E-state index in [1.807, 2.05) is 20.8 Å². The van der Waals surface area contributed by atoms with Crippen LogP contribution in [0.15, 0.2) is 0 Å². The molecule has 0 aromatic heterocycles. The van der Waals surface area contributed by atoms with Crippen molar-refractivity contribution in [3.63, 3.8) is 0 Å². The van der Waals surface area contributed by atoms with Crippen molar-refractivity contribution >= 4 is 6.09 Å². The minimum absolute atomic E-state index is 0.311. The van der Waals surface area contributed by atoms with Gasteiger partial charge in [0, 0.05) is 18.6 Å². The Bertz CT molecular complexity index is 347. The van der Waals surface area contributed by atoms with Gasteiger partial charge in [-0.2, -0.15) is 0 Å². The molecule has 0 spiro atoms. The Morgan fingerprint density at radius 3 is 2.00 bits per heavy atom. The van der Waals surface area contributed by atoms with Crippen molar-refractivity contribution in [3.8, 4) is 0 Å². The first kappa shape index (κ1) is 20.3. The van der Waals surface area contributed by atoms with E-state index in [9.17, 15) is 4.79 Å². The van der Waals surface area contributed by atoms with Gasteiger partial charge in [0.25, 0.3) is 0 Å². The van der Waals surface area contributed by atoms with Gasteiger partial charge in [-0.15, -0.1) is 0 Å². The van der Waals surface area contributed by atoms with Gasteiger partial charge in [-0.25, -0.2) is 4.79 Å². The van der Waals surface area contributed by atoms with Crippen LogP contribution in [-0.2, 0) is 4.74 Å². The number of carbonyl (C=O) groups excluding carboxylic acids is 1. The summed E-state index contributed by atoms with van der Waals surface area (Å²) in [6.07, 6.45) is 4.60. The highest BCUT2D eigenvalue weighted by Crippen LogP contribution is 2.33. The average Bonchev–Trinajstić information content (AvgIpc) is 3.14. The van der Waals surface area contributed by atoms with Crippen molar-refractivity contribution in [1.29, 1.82) is 0 Å². The fraction of sp³-hybridized carbons (Fsp3) is 0.947. The van der Waals surface area contributed by atoms with E-state index in [-0.39, 0.29) is 6.09 Å². The van der Waals surface area contributed by atoms with Gasteiger partial charge in [-0.3, -0.25) is 0 Å². The number of amides is 1. The Balaban J connectivity index is 2.51. The standard InChI is InChI=1S/C19H38N2O2/c1-13(2)10-16(11-14(3)4)21-17(15-8-9-15)12-20-18(22)23-19(5,6)7/h13-17,21H,8-12H2,1-7H3,(H,20,22). The Labute approximate surface area is 143 Å². The molecule has 1 aliphatic rings. The summed E-state index contributed by atoms with van der Waals surface area (Å²) in [5, 5.41) is 6.78. The molecular weight excluding hydrogens is 288 g/mol. The molecule has 1 rings (SSSR count). The third kappa shape index (κ3) is 9.85. The van der Waals surface area contributed by atoms with E-state index in [1.54, 1.807) is 0 Å². The van der Waals surface area contributed by atoms with E-state index in [0.717, 1.165) is 0 Å². The van der Waals surface area contributed by atoms with Crippen molar-refractivity contribution < 1.29 is 9.53 Å². The van der Waals surface area contributed by atoms with Crippen LogP contribution in [0.5, 0.6) is 0 Å². The smallest absolute Gasteiger partial charge is 0.407 e. The van der Waals surface area contributed by atoms with Gasteiger partial charge in [0.15, 0.2) is 0 Å². The molecule has 0 radical (unpaired) electrons.